The van der Waals surface area contributed by atoms with Gasteiger partial charge in [0.15, 0.2) is 5.76 Å². The lowest BCUT2D eigenvalue weighted by molar-refractivity contribution is 0.373. The van der Waals surface area contributed by atoms with E-state index in [1.165, 1.54) is 11.1 Å². The molecular formula is C20H18N2O. The summed E-state index contributed by atoms with van der Waals surface area (Å²) in [4.78, 5) is 4.91. The number of nitrogens with zero attached hydrogens (tertiary/aromatic N) is 2. The summed E-state index contributed by atoms with van der Waals surface area (Å²) in [6, 6.07) is 21.0. The highest BCUT2D eigenvalue weighted by Gasteiger charge is 2.25. The number of fused-ring (bicyclic) bond motifs is 1. The van der Waals surface area contributed by atoms with E-state index in [-0.39, 0.29) is 0 Å². The molecule has 0 amide bonds. The van der Waals surface area contributed by atoms with Crippen molar-refractivity contribution in [3.8, 4) is 0 Å². The summed E-state index contributed by atoms with van der Waals surface area (Å²) >= 11 is 0. The van der Waals surface area contributed by atoms with Gasteiger partial charge in [-0.05, 0) is 30.4 Å². The molecule has 3 aromatic rings. The van der Waals surface area contributed by atoms with Crippen molar-refractivity contribution in [3.63, 3.8) is 0 Å². The second kappa shape index (κ2) is 5.84. The van der Waals surface area contributed by atoms with Crippen LogP contribution in [0.2, 0.25) is 0 Å². The van der Waals surface area contributed by atoms with Crippen LogP contribution in [-0.4, -0.2) is 10.9 Å². The van der Waals surface area contributed by atoms with Gasteiger partial charge in [-0.25, -0.2) is 4.99 Å². The monoisotopic (exact) mass is 302 g/mol. The highest BCUT2D eigenvalue weighted by Crippen LogP contribution is 2.36. The van der Waals surface area contributed by atoms with E-state index in [4.69, 9.17) is 9.52 Å². The van der Waals surface area contributed by atoms with Crippen LogP contribution in [0, 0.1) is 6.92 Å². The minimum Gasteiger partial charge on any atom is -0.359 e. The molecule has 0 bridgehead atoms. The van der Waals surface area contributed by atoms with Crippen molar-refractivity contribution in [1.82, 2.24) is 5.16 Å². The molecule has 1 unspecified atom stereocenters. The Morgan fingerprint density at radius 2 is 1.61 bits per heavy atom. The minimum atomic E-state index is 0.351. The average Bonchev–Trinajstić information content (AvgIpc) is 2.84. The highest BCUT2D eigenvalue weighted by atomic mass is 16.5. The molecule has 4 rings (SSSR count). The normalized spacial score (nSPS) is 17.3. The van der Waals surface area contributed by atoms with Gasteiger partial charge >= 0.3 is 0 Å². The molecule has 0 saturated carbocycles. The fraction of sp³-hybridized carbons (Fsp3) is 0.200. The molecule has 1 atom stereocenters. The topological polar surface area (TPSA) is 38.4 Å². The summed E-state index contributed by atoms with van der Waals surface area (Å²) < 4.78 is 5.55. The van der Waals surface area contributed by atoms with Crippen LogP contribution < -0.4 is 0 Å². The van der Waals surface area contributed by atoms with Crippen LogP contribution in [0.4, 0.5) is 5.69 Å². The molecule has 3 nitrogen and oxygen atoms in total. The smallest absolute Gasteiger partial charge is 0.163 e. The van der Waals surface area contributed by atoms with E-state index in [9.17, 15) is 0 Å². The van der Waals surface area contributed by atoms with Crippen LogP contribution in [0.1, 0.15) is 34.9 Å². The Balaban J connectivity index is 1.81. The second-order valence-corrected chi connectivity index (χ2v) is 5.98. The van der Waals surface area contributed by atoms with Crippen LogP contribution in [0.3, 0.4) is 0 Å². The van der Waals surface area contributed by atoms with Gasteiger partial charge in [-0.1, -0.05) is 65.8 Å². The number of hydrogen-bond acceptors (Lipinski definition) is 3. The molecular weight excluding hydrogens is 284 g/mol. The van der Waals surface area contributed by atoms with Gasteiger partial charge in [-0.3, -0.25) is 0 Å². The first-order chi connectivity index (χ1) is 11.3. The van der Waals surface area contributed by atoms with Crippen LogP contribution >= 0.6 is 0 Å². The molecule has 0 aliphatic carbocycles. The molecule has 3 heteroatoms. The first kappa shape index (κ1) is 13.9. The zero-order valence-electron chi connectivity index (χ0n) is 13.1. The highest BCUT2D eigenvalue weighted by molar-refractivity contribution is 6.03. The lowest BCUT2D eigenvalue weighted by Gasteiger charge is -2.15. The molecule has 0 saturated heterocycles. The van der Waals surface area contributed by atoms with E-state index >= 15 is 0 Å². The fourth-order valence-corrected chi connectivity index (χ4v) is 3.17. The molecule has 23 heavy (non-hydrogen) atoms. The molecule has 2 aromatic carbocycles. The predicted octanol–water partition coefficient (Wildman–Crippen LogP) is 4.83. The van der Waals surface area contributed by atoms with Crippen molar-refractivity contribution in [2.24, 2.45) is 4.99 Å². The summed E-state index contributed by atoms with van der Waals surface area (Å²) in [7, 11) is 0. The van der Waals surface area contributed by atoms with Crippen LogP contribution in [0.25, 0.3) is 0 Å². The number of rotatable bonds is 2. The molecule has 0 fully saturated rings. The molecule has 114 valence electrons. The van der Waals surface area contributed by atoms with E-state index in [1.54, 1.807) is 0 Å². The molecule has 2 heterocycles. The lowest BCUT2D eigenvalue weighted by atomic mass is 9.88. The zero-order valence-corrected chi connectivity index (χ0v) is 13.1. The third-order valence-corrected chi connectivity index (χ3v) is 4.40. The molecule has 1 aliphatic heterocycles. The van der Waals surface area contributed by atoms with Crippen molar-refractivity contribution < 1.29 is 4.52 Å². The quantitative estimate of drug-likeness (QED) is 0.679. The van der Waals surface area contributed by atoms with E-state index < -0.39 is 0 Å². The molecule has 1 aromatic heterocycles. The van der Waals surface area contributed by atoms with E-state index in [2.05, 4.69) is 59.8 Å². The van der Waals surface area contributed by atoms with Gasteiger partial charge in [0.1, 0.15) is 11.4 Å². The van der Waals surface area contributed by atoms with Crippen molar-refractivity contribution >= 4 is 11.4 Å². The van der Waals surface area contributed by atoms with Crippen LogP contribution in [0.15, 0.2) is 70.2 Å². The molecule has 1 aliphatic rings. The number of aryl methyl sites for hydroxylation is 1. The third kappa shape index (κ3) is 2.70. The van der Waals surface area contributed by atoms with Gasteiger partial charge in [-0.2, -0.15) is 0 Å². The van der Waals surface area contributed by atoms with Crippen molar-refractivity contribution in [2.45, 2.75) is 25.7 Å². The Labute approximate surface area is 135 Å². The summed E-state index contributed by atoms with van der Waals surface area (Å²) in [6.07, 6.45) is 1.73. The summed E-state index contributed by atoms with van der Waals surface area (Å²) in [6.45, 7) is 1.96. The van der Waals surface area contributed by atoms with Gasteiger partial charge in [-0.15, -0.1) is 0 Å². The molecule has 0 N–H and O–H groups in total. The zero-order chi connectivity index (χ0) is 15.6. The largest absolute Gasteiger partial charge is 0.359 e. The van der Waals surface area contributed by atoms with Crippen molar-refractivity contribution in [1.29, 1.82) is 0 Å². The number of aromatic nitrogens is 1. The standard InChI is InChI=1S/C20H18N2O/c1-14-20-19(23-22-14)13-17(15-8-4-2-5-9-15)12-18(21-20)16-10-6-3-7-11-16/h2-11,17H,12-13H2,1H3. The fourth-order valence-electron chi connectivity index (χ4n) is 3.17. The van der Waals surface area contributed by atoms with Crippen LogP contribution in [0.5, 0.6) is 0 Å². The van der Waals surface area contributed by atoms with Gasteiger partial charge in [0.05, 0.1) is 0 Å². The maximum Gasteiger partial charge on any atom is 0.163 e. The predicted molar refractivity (Wildman–Crippen MR) is 91.4 cm³/mol. The number of aliphatic imine (C=N–C) groups is 1. The maximum absolute atomic E-state index is 5.55. The average molecular weight is 302 g/mol. The van der Waals surface area contributed by atoms with E-state index in [0.717, 1.165) is 35.7 Å². The summed E-state index contributed by atoms with van der Waals surface area (Å²) in [5.41, 5.74) is 5.36. The Kier molecular flexibility index (Phi) is 3.54. The van der Waals surface area contributed by atoms with Gasteiger partial charge in [0.2, 0.25) is 0 Å². The SMILES string of the molecule is Cc1noc2c1N=C(c1ccccc1)CC(c1ccccc1)C2. The molecule has 0 radical (unpaired) electrons. The Morgan fingerprint density at radius 1 is 0.913 bits per heavy atom. The lowest BCUT2D eigenvalue weighted by Crippen LogP contribution is -2.09. The van der Waals surface area contributed by atoms with Crippen LogP contribution in [-0.2, 0) is 6.42 Å². The van der Waals surface area contributed by atoms with Gasteiger partial charge in [0, 0.05) is 12.1 Å². The number of benzene rings is 2. The molecule has 0 spiro atoms. The number of hydrogen-bond donors (Lipinski definition) is 0. The third-order valence-electron chi connectivity index (χ3n) is 4.40. The van der Waals surface area contributed by atoms with Crippen molar-refractivity contribution in [3.05, 3.63) is 83.2 Å². The van der Waals surface area contributed by atoms with Gasteiger partial charge in [0.25, 0.3) is 0 Å². The maximum atomic E-state index is 5.55. The Morgan fingerprint density at radius 3 is 2.35 bits per heavy atom. The first-order valence-electron chi connectivity index (χ1n) is 7.94. The Hall–Kier alpha value is -2.68. The van der Waals surface area contributed by atoms with Gasteiger partial charge < -0.3 is 4.52 Å². The van der Waals surface area contributed by atoms with E-state index in [1.807, 2.05) is 13.0 Å². The second-order valence-electron chi connectivity index (χ2n) is 5.98. The summed E-state index contributed by atoms with van der Waals surface area (Å²) in [5.74, 6) is 1.24. The first-order valence-corrected chi connectivity index (χ1v) is 7.94. The summed E-state index contributed by atoms with van der Waals surface area (Å²) in [5, 5.41) is 4.11. The minimum absolute atomic E-state index is 0.351. The van der Waals surface area contributed by atoms with E-state index in [0.29, 0.717) is 5.92 Å². The van der Waals surface area contributed by atoms with Crippen molar-refractivity contribution in [2.75, 3.05) is 0 Å². The Bertz CT molecular complexity index is 835.